The minimum Gasteiger partial charge on any atom is -0.329 e. The maximum absolute atomic E-state index is 12.5. The molecule has 1 aliphatic rings. The average molecular weight is 369 g/mol. The van der Waals surface area contributed by atoms with Crippen LogP contribution in [0.5, 0.6) is 0 Å². The molecular weight excluding hydrogens is 350 g/mol. The maximum atomic E-state index is 12.5. The van der Waals surface area contributed by atoms with Crippen molar-refractivity contribution in [2.45, 2.75) is 12.3 Å². The Labute approximate surface area is 156 Å². The Hall–Kier alpha value is -2.80. The third kappa shape index (κ3) is 4.23. The van der Waals surface area contributed by atoms with Crippen LogP contribution in [0.25, 0.3) is 0 Å². The number of rotatable bonds is 6. The summed E-state index contributed by atoms with van der Waals surface area (Å²) in [5.74, 6) is 0.401. The summed E-state index contributed by atoms with van der Waals surface area (Å²) in [4.78, 5) is 37.0. The average Bonchev–Trinajstić information content (AvgIpc) is 2.94. The summed E-state index contributed by atoms with van der Waals surface area (Å²) >= 11 is 1.70. The van der Waals surface area contributed by atoms with Crippen molar-refractivity contribution in [1.29, 1.82) is 0 Å². The van der Waals surface area contributed by atoms with Crippen LogP contribution in [-0.4, -0.2) is 35.5 Å². The molecule has 0 aromatic heterocycles. The summed E-state index contributed by atoms with van der Waals surface area (Å²) in [6.45, 7) is 0.208. The monoisotopic (exact) mass is 369 g/mol. The highest BCUT2D eigenvalue weighted by Crippen LogP contribution is 2.17. The summed E-state index contributed by atoms with van der Waals surface area (Å²) in [7, 11) is 0. The van der Waals surface area contributed by atoms with Crippen LogP contribution in [0.1, 0.15) is 21.5 Å². The fourth-order valence-corrected chi connectivity index (χ4v) is 3.23. The minimum atomic E-state index is -0.393. The van der Waals surface area contributed by atoms with Gasteiger partial charge in [-0.25, -0.2) is 4.79 Å². The number of hydrogen-bond acceptors (Lipinski definition) is 4. The Balaban J connectivity index is 1.70. The number of thioether (sulfide) groups is 1. The van der Waals surface area contributed by atoms with Gasteiger partial charge in [-0.1, -0.05) is 24.3 Å². The first-order valence-corrected chi connectivity index (χ1v) is 9.52. The Morgan fingerprint density at radius 3 is 2.65 bits per heavy atom. The number of nitrogens with zero attached hydrogens (tertiary/aromatic N) is 1. The van der Waals surface area contributed by atoms with E-state index in [0.717, 1.165) is 21.8 Å². The topological polar surface area (TPSA) is 78.5 Å². The van der Waals surface area contributed by atoms with E-state index in [1.807, 2.05) is 30.5 Å². The number of anilines is 1. The van der Waals surface area contributed by atoms with E-state index in [2.05, 4.69) is 10.6 Å². The molecule has 1 fully saturated rings. The third-order valence-corrected chi connectivity index (χ3v) is 4.58. The molecule has 0 radical (unpaired) electrons. The number of benzene rings is 2. The molecule has 1 saturated heterocycles. The van der Waals surface area contributed by atoms with E-state index >= 15 is 0 Å². The molecule has 0 aliphatic carbocycles. The number of amides is 4. The number of carbonyl (C=O) groups is 3. The van der Waals surface area contributed by atoms with Crippen molar-refractivity contribution < 1.29 is 14.4 Å². The van der Waals surface area contributed by atoms with Gasteiger partial charge in [0.15, 0.2) is 0 Å². The molecule has 1 heterocycles. The van der Waals surface area contributed by atoms with Gasteiger partial charge in [-0.05, 0) is 41.6 Å². The zero-order valence-corrected chi connectivity index (χ0v) is 15.1. The molecule has 0 saturated carbocycles. The van der Waals surface area contributed by atoms with Crippen LogP contribution < -0.4 is 10.6 Å². The van der Waals surface area contributed by atoms with Gasteiger partial charge in [0.25, 0.3) is 5.91 Å². The Kier molecular flexibility index (Phi) is 5.58. The number of carbonyl (C=O) groups excluding carboxylic acids is 3. The van der Waals surface area contributed by atoms with Crippen molar-refractivity contribution in [3.8, 4) is 0 Å². The van der Waals surface area contributed by atoms with Crippen molar-refractivity contribution in [2.24, 2.45) is 0 Å². The van der Waals surface area contributed by atoms with Crippen molar-refractivity contribution in [1.82, 2.24) is 10.2 Å². The van der Waals surface area contributed by atoms with Crippen molar-refractivity contribution >= 4 is 35.3 Å². The molecule has 1 aliphatic heterocycles. The van der Waals surface area contributed by atoms with Crippen molar-refractivity contribution in [3.05, 3.63) is 65.2 Å². The van der Waals surface area contributed by atoms with Gasteiger partial charge in [0.1, 0.15) is 0 Å². The maximum Gasteiger partial charge on any atom is 0.324 e. The summed E-state index contributed by atoms with van der Waals surface area (Å²) < 4.78 is 0. The van der Waals surface area contributed by atoms with E-state index in [1.165, 1.54) is 0 Å². The van der Waals surface area contributed by atoms with Gasteiger partial charge in [-0.3, -0.25) is 14.5 Å². The normalized spacial score (nSPS) is 13.7. The Morgan fingerprint density at radius 2 is 1.92 bits per heavy atom. The lowest BCUT2D eigenvalue weighted by atomic mass is 10.1. The van der Waals surface area contributed by atoms with Crippen LogP contribution in [0.4, 0.5) is 10.5 Å². The van der Waals surface area contributed by atoms with E-state index in [9.17, 15) is 14.4 Å². The van der Waals surface area contributed by atoms with Crippen molar-refractivity contribution in [2.75, 3.05) is 18.1 Å². The molecule has 2 aromatic carbocycles. The lowest BCUT2D eigenvalue weighted by molar-refractivity contribution is -0.125. The molecule has 134 valence electrons. The first-order valence-electron chi connectivity index (χ1n) is 8.13. The quantitative estimate of drug-likeness (QED) is 0.768. The summed E-state index contributed by atoms with van der Waals surface area (Å²) in [6, 6.07) is 14.3. The fourth-order valence-electron chi connectivity index (χ4n) is 2.72. The van der Waals surface area contributed by atoms with Crippen LogP contribution in [-0.2, 0) is 17.1 Å². The molecular formula is C19H19N3O3S. The number of nitrogens with one attached hydrogen (secondary N) is 2. The molecule has 3 rings (SSSR count). The van der Waals surface area contributed by atoms with Crippen LogP contribution >= 0.6 is 11.8 Å². The molecule has 0 atom stereocenters. The van der Waals surface area contributed by atoms with Gasteiger partial charge in [-0.15, -0.1) is 0 Å². The summed E-state index contributed by atoms with van der Waals surface area (Å²) in [5.41, 5.74) is 3.08. The van der Waals surface area contributed by atoms with Gasteiger partial charge >= 0.3 is 6.03 Å². The van der Waals surface area contributed by atoms with E-state index in [-0.39, 0.29) is 24.9 Å². The largest absolute Gasteiger partial charge is 0.329 e. The predicted molar refractivity (Wildman–Crippen MR) is 102 cm³/mol. The molecule has 4 amide bonds. The molecule has 0 unspecified atom stereocenters. The van der Waals surface area contributed by atoms with Crippen LogP contribution in [0.2, 0.25) is 0 Å². The predicted octanol–water partition coefficient (Wildman–Crippen LogP) is 2.85. The van der Waals surface area contributed by atoms with Crippen LogP contribution in [0.3, 0.4) is 0 Å². The van der Waals surface area contributed by atoms with E-state index < -0.39 is 6.03 Å². The molecule has 26 heavy (non-hydrogen) atoms. The Bertz CT molecular complexity index is 837. The van der Waals surface area contributed by atoms with Gasteiger partial charge in [0.2, 0.25) is 5.91 Å². The smallest absolute Gasteiger partial charge is 0.324 e. The zero-order chi connectivity index (χ0) is 18.5. The second-order valence-electron chi connectivity index (χ2n) is 5.93. The first kappa shape index (κ1) is 18.0. The number of imide groups is 1. The molecule has 0 spiro atoms. The highest BCUT2D eigenvalue weighted by molar-refractivity contribution is 7.97. The summed E-state index contributed by atoms with van der Waals surface area (Å²) in [6.07, 6.45) is 2.02. The second-order valence-corrected chi connectivity index (χ2v) is 6.79. The first-order chi connectivity index (χ1) is 12.6. The second kappa shape index (κ2) is 8.05. The van der Waals surface area contributed by atoms with Gasteiger partial charge in [0.05, 0.1) is 13.1 Å². The minimum absolute atomic E-state index is 0.0294. The highest BCUT2D eigenvalue weighted by atomic mass is 32.2. The fraction of sp³-hybridized carbons (Fsp3) is 0.211. The lowest BCUT2D eigenvalue weighted by Gasteiger charge is -2.13. The van der Waals surface area contributed by atoms with Crippen LogP contribution in [0.15, 0.2) is 48.5 Å². The van der Waals surface area contributed by atoms with Gasteiger partial charge < -0.3 is 10.6 Å². The third-order valence-electron chi connectivity index (χ3n) is 3.96. The molecule has 7 heteroatoms. The van der Waals surface area contributed by atoms with Gasteiger partial charge in [0, 0.05) is 17.0 Å². The Morgan fingerprint density at radius 1 is 1.15 bits per heavy atom. The van der Waals surface area contributed by atoms with E-state index in [0.29, 0.717) is 11.3 Å². The molecule has 2 aromatic rings. The SMILES string of the molecule is CSCc1cccc(C(=O)Nc2cccc(CN3C(=O)CNC3=O)c2)c1. The lowest BCUT2D eigenvalue weighted by Crippen LogP contribution is -2.30. The van der Waals surface area contributed by atoms with E-state index in [1.54, 1.807) is 36.0 Å². The van der Waals surface area contributed by atoms with E-state index in [4.69, 9.17) is 0 Å². The summed E-state index contributed by atoms with van der Waals surface area (Å²) in [5, 5.41) is 5.36. The zero-order valence-electron chi connectivity index (χ0n) is 14.3. The number of urea groups is 1. The van der Waals surface area contributed by atoms with Crippen molar-refractivity contribution in [3.63, 3.8) is 0 Å². The van der Waals surface area contributed by atoms with Gasteiger partial charge in [-0.2, -0.15) is 11.8 Å². The highest BCUT2D eigenvalue weighted by Gasteiger charge is 2.28. The standard InChI is InChI=1S/C19H19N3O3S/c1-26-12-14-5-2-6-15(8-14)18(24)21-16-7-3-4-13(9-16)11-22-17(23)10-20-19(22)25/h2-9H,10-12H2,1H3,(H,20,25)(H,21,24). The van der Waals surface area contributed by atoms with Crippen LogP contribution in [0, 0.1) is 0 Å². The number of hydrogen-bond donors (Lipinski definition) is 2. The molecule has 6 nitrogen and oxygen atoms in total. The molecule has 0 bridgehead atoms. The molecule has 2 N–H and O–H groups in total.